The third-order valence-corrected chi connectivity index (χ3v) is 6.01. The topological polar surface area (TPSA) is 94.8 Å². The van der Waals surface area contributed by atoms with Crippen molar-refractivity contribution in [2.45, 2.75) is 31.8 Å². The number of nitrogens with two attached hydrogens (primary N) is 1. The number of rotatable bonds is 10. The van der Waals surface area contributed by atoms with Gasteiger partial charge in [0.25, 0.3) is 0 Å². The van der Waals surface area contributed by atoms with Crippen LogP contribution in [0.25, 0.3) is 17.2 Å². The summed E-state index contributed by atoms with van der Waals surface area (Å²) >= 11 is -1.91. The van der Waals surface area contributed by atoms with Gasteiger partial charge in [0.15, 0.2) is 0 Å². The van der Waals surface area contributed by atoms with Crippen LogP contribution in [0.2, 0.25) is 0 Å². The molecule has 0 spiro atoms. The average Bonchev–Trinajstić information content (AvgIpc) is 3.27. The molecule has 3 rings (SSSR count). The molecule has 32 heavy (non-hydrogen) atoms. The Kier molecular flexibility index (Phi) is 8.43. The standard InChI is InChI=1S/C22H25F2N3O4S/c1-30-32(29)27(14-21(25)28)11-5-9-18-19(23)12-15(13-20(18)24)17-8-4-10-26-22(17)31-16-6-2-3-7-16/h4-5,8-10,12-13,16H,2-3,6-7,11,14H2,1H3,(H2,25,28). The van der Waals surface area contributed by atoms with Gasteiger partial charge in [-0.05, 0) is 55.5 Å². The number of halogens is 2. The van der Waals surface area contributed by atoms with Crippen LogP contribution < -0.4 is 10.5 Å². The lowest BCUT2D eigenvalue weighted by atomic mass is 10.0. The van der Waals surface area contributed by atoms with Crippen LogP contribution in [0, 0.1) is 11.6 Å². The first kappa shape index (κ1) is 24.0. The molecule has 1 saturated carbocycles. The van der Waals surface area contributed by atoms with Crippen molar-refractivity contribution in [3.8, 4) is 17.0 Å². The second kappa shape index (κ2) is 11.3. The van der Waals surface area contributed by atoms with E-state index in [1.165, 1.54) is 31.4 Å². The Balaban J connectivity index is 1.80. The van der Waals surface area contributed by atoms with E-state index in [4.69, 9.17) is 10.5 Å². The van der Waals surface area contributed by atoms with Crippen LogP contribution in [-0.2, 0) is 20.2 Å². The number of primary amides is 1. The molecule has 2 aromatic rings. The molecule has 0 radical (unpaired) electrons. The molecule has 172 valence electrons. The fourth-order valence-electron chi connectivity index (χ4n) is 3.51. The summed E-state index contributed by atoms with van der Waals surface area (Å²) in [6.45, 7) is -0.397. The normalized spacial score (nSPS) is 15.5. The lowest BCUT2D eigenvalue weighted by Gasteiger charge is -2.16. The molecule has 2 N–H and O–H groups in total. The number of carbonyl (C=O) groups excluding carboxylic acids is 1. The number of aromatic nitrogens is 1. The number of carbonyl (C=O) groups is 1. The highest BCUT2D eigenvalue weighted by molar-refractivity contribution is 7.77. The summed E-state index contributed by atoms with van der Waals surface area (Å²) in [5.41, 5.74) is 5.68. The smallest absolute Gasteiger partial charge is 0.237 e. The molecule has 1 aromatic heterocycles. The maximum atomic E-state index is 14.8. The van der Waals surface area contributed by atoms with Gasteiger partial charge in [0.1, 0.15) is 17.7 Å². The third-order valence-electron chi connectivity index (χ3n) is 5.02. The molecular formula is C22H25F2N3O4S. The van der Waals surface area contributed by atoms with E-state index in [1.54, 1.807) is 18.3 Å². The highest BCUT2D eigenvalue weighted by Crippen LogP contribution is 2.33. The molecule has 1 unspecified atom stereocenters. The van der Waals surface area contributed by atoms with Crippen LogP contribution in [0.4, 0.5) is 8.78 Å². The van der Waals surface area contributed by atoms with Crippen LogP contribution in [0.15, 0.2) is 36.5 Å². The molecule has 1 aliphatic carbocycles. The fourth-order valence-corrected chi connectivity index (χ4v) is 4.16. The minimum Gasteiger partial charge on any atom is -0.474 e. The molecule has 1 atom stereocenters. The highest BCUT2D eigenvalue weighted by Gasteiger charge is 2.20. The number of pyridine rings is 1. The molecule has 0 bridgehead atoms. The van der Waals surface area contributed by atoms with E-state index in [0.29, 0.717) is 17.0 Å². The van der Waals surface area contributed by atoms with Crippen molar-refractivity contribution in [3.05, 3.63) is 53.7 Å². The van der Waals surface area contributed by atoms with Crippen LogP contribution in [0.3, 0.4) is 0 Å². The van der Waals surface area contributed by atoms with Gasteiger partial charge in [0.05, 0.1) is 13.7 Å². The van der Waals surface area contributed by atoms with Crippen LogP contribution in [0.1, 0.15) is 31.2 Å². The Morgan fingerprint density at radius 1 is 1.31 bits per heavy atom. The number of ether oxygens (including phenoxy) is 1. The van der Waals surface area contributed by atoms with Crippen LogP contribution in [0.5, 0.6) is 5.88 Å². The zero-order valence-electron chi connectivity index (χ0n) is 17.6. The maximum Gasteiger partial charge on any atom is 0.237 e. The zero-order valence-corrected chi connectivity index (χ0v) is 18.4. The van der Waals surface area contributed by atoms with Crippen molar-refractivity contribution in [2.24, 2.45) is 5.73 Å². The van der Waals surface area contributed by atoms with Gasteiger partial charge in [0.2, 0.25) is 23.1 Å². The Hall–Kier alpha value is -2.69. The summed E-state index contributed by atoms with van der Waals surface area (Å²) in [5.74, 6) is -1.91. The van der Waals surface area contributed by atoms with Crippen LogP contribution >= 0.6 is 0 Å². The van der Waals surface area contributed by atoms with E-state index in [0.717, 1.165) is 30.0 Å². The Morgan fingerprint density at radius 3 is 2.62 bits per heavy atom. The van der Waals surface area contributed by atoms with E-state index in [2.05, 4.69) is 9.17 Å². The fraction of sp³-hybridized carbons (Fsp3) is 0.364. The molecule has 10 heteroatoms. The third kappa shape index (κ3) is 6.18. The van der Waals surface area contributed by atoms with Crippen molar-refractivity contribution in [2.75, 3.05) is 20.2 Å². The molecular weight excluding hydrogens is 440 g/mol. The lowest BCUT2D eigenvalue weighted by Crippen LogP contribution is -2.35. The van der Waals surface area contributed by atoms with E-state index < -0.39 is 28.8 Å². The average molecular weight is 466 g/mol. The number of hydrogen-bond donors (Lipinski definition) is 1. The summed E-state index contributed by atoms with van der Waals surface area (Å²) in [6, 6.07) is 5.83. The minimum atomic E-state index is -1.91. The summed E-state index contributed by atoms with van der Waals surface area (Å²) in [5, 5.41) is 0. The van der Waals surface area contributed by atoms with Crippen LogP contribution in [-0.4, -0.2) is 45.7 Å². The first-order valence-electron chi connectivity index (χ1n) is 10.2. The van der Waals surface area contributed by atoms with Gasteiger partial charge in [-0.25, -0.2) is 18.0 Å². The van der Waals surface area contributed by atoms with Crippen molar-refractivity contribution in [1.82, 2.24) is 9.29 Å². The van der Waals surface area contributed by atoms with Gasteiger partial charge in [-0.15, -0.1) is 0 Å². The van der Waals surface area contributed by atoms with Gasteiger partial charge in [-0.1, -0.05) is 12.2 Å². The van der Waals surface area contributed by atoms with Crippen molar-refractivity contribution in [3.63, 3.8) is 0 Å². The van der Waals surface area contributed by atoms with E-state index in [9.17, 15) is 17.8 Å². The van der Waals surface area contributed by atoms with Gasteiger partial charge in [-0.3, -0.25) is 8.98 Å². The van der Waals surface area contributed by atoms with Crippen molar-refractivity contribution >= 4 is 23.2 Å². The van der Waals surface area contributed by atoms with E-state index in [1.807, 2.05) is 0 Å². The summed E-state index contributed by atoms with van der Waals surface area (Å²) in [7, 11) is 1.20. The maximum absolute atomic E-state index is 14.8. The molecule has 1 amide bonds. The monoisotopic (exact) mass is 465 g/mol. The Morgan fingerprint density at radius 2 is 2.00 bits per heavy atom. The predicted octanol–water partition coefficient (Wildman–Crippen LogP) is 3.37. The number of nitrogens with zero attached hydrogens (tertiary/aromatic N) is 2. The largest absolute Gasteiger partial charge is 0.474 e. The summed E-state index contributed by atoms with van der Waals surface area (Å²) in [6.07, 6.45) is 8.28. The second-order valence-electron chi connectivity index (χ2n) is 7.31. The Bertz CT molecular complexity index is 989. The molecule has 1 aromatic carbocycles. The molecule has 1 aliphatic rings. The van der Waals surface area contributed by atoms with Gasteiger partial charge in [0, 0.05) is 23.9 Å². The Labute approximate surface area is 188 Å². The number of amides is 1. The predicted molar refractivity (Wildman–Crippen MR) is 117 cm³/mol. The van der Waals surface area contributed by atoms with Gasteiger partial charge < -0.3 is 10.5 Å². The summed E-state index contributed by atoms with van der Waals surface area (Å²) in [4.78, 5) is 15.4. The number of hydrogen-bond acceptors (Lipinski definition) is 5. The van der Waals surface area contributed by atoms with Crippen molar-refractivity contribution < 1.29 is 26.7 Å². The van der Waals surface area contributed by atoms with Gasteiger partial charge in [-0.2, -0.15) is 4.31 Å². The van der Waals surface area contributed by atoms with E-state index >= 15 is 0 Å². The summed E-state index contributed by atoms with van der Waals surface area (Å²) < 4.78 is 53.1. The molecule has 7 nitrogen and oxygen atoms in total. The second-order valence-corrected chi connectivity index (χ2v) is 8.59. The van der Waals surface area contributed by atoms with E-state index in [-0.39, 0.29) is 24.8 Å². The molecule has 1 fully saturated rings. The number of benzene rings is 1. The quantitative estimate of drug-likeness (QED) is 0.581. The first-order chi connectivity index (χ1) is 15.4. The molecule has 1 heterocycles. The lowest BCUT2D eigenvalue weighted by molar-refractivity contribution is -0.118. The van der Waals surface area contributed by atoms with Gasteiger partial charge >= 0.3 is 0 Å². The van der Waals surface area contributed by atoms with Crippen molar-refractivity contribution in [1.29, 1.82) is 0 Å². The minimum absolute atomic E-state index is 0.0570. The molecule has 0 aliphatic heterocycles. The zero-order chi connectivity index (χ0) is 23.1. The first-order valence-corrected chi connectivity index (χ1v) is 11.2. The highest BCUT2D eigenvalue weighted by atomic mass is 32.2. The SMILES string of the molecule is COS(=O)N(CC=Cc1c(F)cc(-c2cccnc2OC2CCCC2)cc1F)CC(N)=O. The molecule has 0 saturated heterocycles.